The van der Waals surface area contributed by atoms with Crippen molar-refractivity contribution in [2.45, 2.75) is 58.6 Å². The maximum absolute atomic E-state index is 13.5. The Bertz CT molecular complexity index is 1240. The number of carbonyl (C=O) groups is 1. The summed E-state index contributed by atoms with van der Waals surface area (Å²) in [6.45, 7) is 4.51. The SMILES string of the molecule is Cc1ccc(COc2ccc(/C=C3\S/C(=N/c4nnc(C)s4)N(C4CCCCC4)C3=O)cc2)cc1. The van der Waals surface area contributed by atoms with Crippen LogP contribution in [0.25, 0.3) is 6.08 Å². The molecule has 0 radical (unpaired) electrons. The largest absolute Gasteiger partial charge is 0.489 e. The third-order valence-corrected chi connectivity index (χ3v) is 7.90. The molecule has 8 heteroatoms. The van der Waals surface area contributed by atoms with E-state index >= 15 is 0 Å². The number of ether oxygens (including phenoxy) is 1. The molecule has 35 heavy (non-hydrogen) atoms. The molecule has 1 aliphatic heterocycles. The predicted molar refractivity (Wildman–Crippen MR) is 143 cm³/mol. The van der Waals surface area contributed by atoms with E-state index in [1.807, 2.05) is 42.2 Å². The van der Waals surface area contributed by atoms with Crippen molar-refractivity contribution in [1.29, 1.82) is 0 Å². The van der Waals surface area contributed by atoms with Gasteiger partial charge in [-0.2, -0.15) is 4.99 Å². The molecule has 0 atom stereocenters. The van der Waals surface area contributed by atoms with Crippen molar-refractivity contribution in [2.75, 3.05) is 0 Å². The molecule has 6 nitrogen and oxygen atoms in total. The van der Waals surface area contributed by atoms with E-state index in [9.17, 15) is 4.79 Å². The average Bonchev–Trinajstić information content (AvgIpc) is 3.42. The average molecular weight is 505 g/mol. The molecular formula is C27H28N4O2S2. The summed E-state index contributed by atoms with van der Waals surface area (Å²) in [6, 6.07) is 16.4. The Hall–Kier alpha value is -2.97. The quantitative estimate of drug-likeness (QED) is 0.351. The van der Waals surface area contributed by atoms with Crippen LogP contribution in [0.2, 0.25) is 0 Å². The second kappa shape index (κ2) is 10.7. The van der Waals surface area contributed by atoms with E-state index in [1.165, 1.54) is 35.1 Å². The van der Waals surface area contributed by atoms with Crippen LogP contribution in [0.15, 0.2) is 58.4 Å². The number of nitrogens with zero attached hydrogens (tertiary/aromatic N) is 4. The highest BCUT2D eigenvalue weighted by Crippen LogP contribution is 2.39. The van der Waals surface area contributed by atoms with Crippen molar-refractivity contribution in [2.24, 2.45) is 4.99 Å². The maximum atomic E-state index is 13.5. The highest BCUT2D eigenvalue weighted by atomic mass is 32.2. The Morgan fingerprint density at radius 1 is 1.03 bits per heavy atom. The van der Waals surface area contributed by atoms with Crippen molar-refractivity contribution < 1.29 is 9.53 Å². The van der Waals surface area contributed by atoms with E-state index in [0.29, 0.717) is 21.8 Å². The fourth-order valence-corrected chi connectivity index (χ4v) is 5.96. The van der Waals surface area contributed by atoms with Gasteiger partial charge >= 0.3 is 0 Å². The van der Waals surface area contributed by atoms with Crippen molar-refractivity contribution >= 4 is 45.4 Å². The topological polar surface area (TPSA) is 67.7 Å². The Kier molecular flexibility index (Phi) is 7.29. The van der Waals surface area contributed by atoms with Crippen LogP contribution in [-0.4, -0.2) is 32.2 Å². The fraction of sp³-hybridized carbons (Fsp3) is 0.333. The summed E-state index contributed by atoms with van der Waals surface area (Å²) in [6.07, 6.45) is 7.50. The van der Waals surface area contributed by atoms with Crippen LogP contribution < -0.4 is 4.74 Å². The summed E-state index contributed by atoms with van der Waals surface area (Å²) in [5, 5.41) is 10.4. The molecule has 0 bridgehead atoms. The van der Waals surface area contributed by atoms with Gasteiger partial charge in [-0.25, -0.2) is 0 Å². The first-order valence-corrected chi connectivity index (χ1v) is 13.6. The second-order valence-electron chi connectivity index (χ2n) is 8.92. The summed E-state index contributed by atoms with van der Waals surface area (Å²) in [7, 11) is 0. The first kappa shape index (κ1) is 23.8. The molecule has 0 unspecified atom stereocenters. The Labute approximate surface area is 214 Å². The first-order valence-electron chi connectivity index (χ1n) is 12.0. The molecule has 2 aliphatic rings. The fourth-order valence-electron chi connectivity index (χ4n) is 4.30. The number of hydrogen-bond acceptors (Lipinski definition) is 7. The molecule has 1 saturated carbocycles. The highest BCUT2D eigenvalue weighted by Gasteiger charge is 2.38. The zero-order valence-corrected chi connectivity index (χ0v) is 21.6. The number of aliphatic imine (C=N–C) groups is 1. The number of benzene rings is 2. The molecule has 1 saturated heterocycles. The van der Waals surface area contributed by atoms with Crippen molar-refractivity contribution in [3.05, 3.63) is 75.1 Å². The van der Waals surface area contributed by atoms with Gasteiger partial charge in [-0.05, 0) is 67.8 Å². The monoisotopic (exact) mass is 504 g/mol. The third-order valence-electron chi connectivity index (χ3n) is 6.19. The minimum absolute atomic E-state index is 0.0292. The lowest BCUT2D eigenvalue weighted by Crippen LogP contribution is -2.40. The van der Waals surface area contributed by atoms with Crippen LogP contribution in [0.1, 0.15) is 53.8 Å². The number of thioether (sulfide) groups is 1. The number of rotatable bonds is 6. The number of amidine groups is 1. The van der Waals surface area contributed by atoms with Gasteiger partial charge in [0.25, 0.3) is 5.91 Å². The lowest BCUT2D eigenvalue weighted by Gasteiger charge is -2.30. The minimum atomic E-state index is 0.0292. The van der Waals surface area contributed by atoms with E-state index in [2.05, 4.69) is 41.4 Å². The maximum Gasteiger partial charge on any atom is 0.267 e. The van der Waals surface area contributed by atoms with E-state index in [4.69, 9.17) is 9.73 Å². The standard InChI is InChI=1S/C27H28N4O2S2/c1-18-8-10-21(11-9-18)17-33-23-14-12-20(13-15-23)16-24-25(32)31(22-6-4-3-5-7-22)27(35-24)28-26-30-29-19(2)34-26/h8-16,22H,3-7,17H2,1-2H3/b24-16-,28-27+. The summed E-state index contributed by atoms with van der Waals surface area (Å²) in [5.74, 6) is 0.831. The van der Waals surface area contributed by atoms with Crippen LogP contribution >= 0.6 is 23.1 Å². The van der Waals surface area contributed by atoms with Gasteiger partial charge in [0, 0.05) is 6.04 Å². The van der Waals surface area contributed by atoms with Gasteiger partial charge in [0.1, 0.15) is 17.4 Å². The van der Waals surface area contributed by atoms with Crippen LogP contribution in [0.4, 0.5) is 5.13 Å². The molecule has 1 amide bonds. The molecule has 3 aromatic rings. The number of aromatic nitrogens is 2. The van der Waals surface area contributed by atoms with Crippen LogP contribution in [0, 0.1) is 13.8 Å². The Balaban J connectivity index is 1.33. The number of aryl methyl sites for hydroxylation is 2. The zero-order valence-electron chi connectivity index (χ0n) is 19.9. The van der Waals surface area contributed by atoms with Gasteiger partial charge in [-0.3, -0.25) is 9.69 Å². The van der Waals surface area contributed by atoms with Crippen molar-refractivity contribution in [3.8, 4) is 5.75 Å². The number of amides is 1. The third kappa shape index (κ3) is 5.82. The molecular weight excluding hydrogens is 476 g/mol. The summed E-state index contributed by atoms with van der Waals surface area (Å²) >= 11 is 2.87. The Morgan fingerprint density at radius 2 is 1.77 bits per heavy atom. The molecule has 1 aromatic heterocycles. The van der Waals surface area contributed by atoms with Crippen LogP contribution in [0.3, 0.4) is 0 Å². The smallest absolute Gasteiger partial charge is 0.267 e. The molecule has 0 spiro atoms. The molecule has 2 aromatic carbocycles. The lowest BCUT2D eigenvalue weighted by atomic mass is 9.94. The lowest BCUT2D eigenvalue weighted by molar-refractivity contribution is -0.124. The van der Waals surface area contributed by atoms with E-state index < -0.39 is 0 Å². The minimum Gasteiger partial charge on any atom is -0.489 e. The summed E-state index contributed by atoms with van der Waals surface area (Å²) in [5.41, 5.74) is 3.33. The number of carbonyl (C=O) groups excluding carboxylic acids is 1. The molecule has 0 N–H and O–H groups in total. The molecule has 2 heterocycles. The molecule has 5 rings (SSSR count). The van der Waals surface area contributed by atoms with Crippen molar-refractivity contribution in [1.82, 2.24) is 15.1 Å². The summed E-state index contributed by atoms with van der Waals surface area (Å²) in [4.78, 5) is 20.8. The van der Waals surface area contributed by atoms with Crippen LogP contribution in [-0.2, 0) is 11.4 Å². The predicted octanol–water partition coefficient (Wildman–Crippen LogP) is 6.67. The first-order chi connectivity index (χ1) is 17.0. The Morgan fingerprint density at radius 3 is 2.46 bits per heavy atom. The van der Waals surface area contributed by atoms with Gasteiger partial charge in [0.2, 0.25) is 5.13 Å². The van der Waals surface area contributed by atoms with E-state index in [-0.39, 0.29) is 11.9 Å². The molecule has 180 valence electrons. The van der Waals surface area contributed by atoms with Crippen molar-refractivity contribution in [3.63, 3.8) is 0 Å². The normalized spacial score (nSPS) is 19.1. The van der Waals surface area contributed by atoms with Gasteiger partial charge in [-0.15, -0.1) is 10.2 Å². The van der Waals surface area contributed by atoms with E-state index in [0.717, 1.165) is 47.6 Å². The zero-order chi connectivity index (χ0) is 24.2. The van der Waals surface area contributed by atoms with Gasteiger partial charge in [0.05, 0.1) is 4.91 Å². The van der Waals surface area contributed by atoms with Gasteiger partial charge in [-0.1, -0.05) is 72.6 Å². The highest BCUT2D eigenvalue weighted by molar-refractivity contribution is 8.18. The van der Waals surface area contributed by atoms with Gasteiger partial charge < -0.3 is 4.74 Å². The van der Waals surface area contributed by atoms with Crippen LogP contribution in [0.5, 0.6) is 5.75 Å². The molecule has 1 aliphatic carbocycles. The second-order valence-corrected chi connectivity index (χ2v) is 11.1. The molecule has 2 fully saturated rings. The van der Waals surface area contributed by atoms with Gasteiger partial charge in [0.15, 0.2) is 5.17 Å². The van der Waals surface area contributed by atoms with E-state index in [1.54, 1.807) is 0 Å². The summed E-state index contributed by atoms with van der Waals surface area (Å²) < 4.78 is 5.93. The number of hydrogen-bond donors (Lipinski definition) is 0.